The number of rotatable bonds is 2. The number of fused-ring (bicyclic) bond motifs is 1. The number of nitrogens with zero attached hydrogens (tertiary/aromatic N) is 3. The fourth-order valence-corrected chi connectivity index (χ4v) is 2.81. The van der Waals surface area contributed by atoms with E-state index in [1.165, 1.54) is 10.5 Å². The first-order valence-electron chi connectivity index (χ1n) is 6.72. The van der Waals surface area contributed by atoms with E-state index in [4.69, 9.17) is 11.6 Å². The van der Waals surface area contributed by atoms with Gasteiger partial charge in [0.25, 0.3) is 5.56 Å². The standard InChI is InChI=1S/C14H16ClN3O2/c15-11-3-4-12-16-13(6-14(20)18(12)8-11)17-5-1-2-10(7-17)9-19/h3-4,6,8,10,19H,1-2,5,7,9H2. The van der Waals surface area contributed by atoms with Gasteiger partial charge in [-0.15, -0.1) is 0 Å². The van der Waals surface area contributed by atoms with E-state index in [2.05, 4.69) is 9.88 Å². The molecule has 5 nitrogen and oxygen atoms in total. The first-order valence-corrected chi connectivity index (χ1v) is 7.10. The third kappa shape index (κ3) is 2.51. The lowest BCUT2D eigenvalue weighted by Crippen LogP contribution is -2.38. The maximum atomic E-state index is 12.1. The average Bonchev–Trinajstić information content (AvgIpc) is 2.48. The predicted octanol–water partition coefficient (Wildman–Crippen LogP) is 1.56. The zero-order valence-electron chi connectivity index (χ0n) is 11.0. The van der Waals surface area contributed by atoms with Crippen LogP contribution < -0.4 is 10.5 Å². The molecule has 20 heavy (non-hydrogen) atoms. The molecule has 0 amide bonds. The first-order chi connectivity index (χ1) is 9.67. The molecule has 3 rings (SSSR count). The van der Waals surface area contributed by atoms with E-state index in [1.54, 1.807) is 18.3 Å². The number of pyridine rings is 1. The van der Waals surface area contributed by atoms with Crippen molar-refractivity contribution in [2.45, 2.75) is 12.8 Å². The van der Waals surface area contributed by atoms with Crippen LogP contribution in [0.3, 0.4) is 0 Å². The Labute approximate surface area is 121 Å². The molecule has 1 saturated heterocycles. The van der Waals surface area contributed by atoms with Gasteiger partial charge in [-0.3, -0.25) is 9.20 Å². The highest BCUT2D eigenvalue weighted by molar-refractivity contribution is 6.30. The summed E-state index contributed by atoms with van der Waals surface area (Å²) in [5, 5.41) is 9.79. The second-order valence-electron chi connectivity index (χ2n) is 5.16. The highest BCUT2D eigenvalue weighted by Gasteiger charge is 2.21. The summed E-state index contributed by atoms with van der Waals surface area (Å²) >= 11 is 5.89. The minimum Gasteiger partial charge on any atom is -0.396 e. The van der Waals surface area contributed by atoms with Gasteiger partial charge >= 0.3 is 0 Å². The van der Waals surface area contributed by atoms with Gasteiger partial charge in [0.1, 0.15) is 11.5 Å². The highest BCUT2D eigenvalue weighted by atomic mass is 35.5. The van der Waals surface area contributed by atoms with Gasteiger partial charge in [-0.2, -0.15) is 0 Å². The number of halogens is 1. The minimum atomic E-state index is -0.140. The van der Waals surface area contributed by atoms with Crippen molar-refractivity contribution in [3.8, 4) is 0 Å². The van der Waals surface area contributed by atoms with Crippen molar-refractivity contribution in [1.29, 1.82) is 0 Å². The van der Waals surface area contributed by atoms with Crippen LogP contribution in [0.25, 0.3) is 5.65 Å². The van der Waals surface area contributed by atoms with Gasteiger partial charge in [-0.25, -0.2) is 4.98 Å². The van der Waals surface area contributed by atoms with Gasteiger partial charge < -0.3 is 10.0 Å². The molecule has 2 aromatic heterocycles. The molecule has 3 heterocycles. The van der Waals surface area contributed by atoms with Crippen LogP contribution >= 0.6 is 11.6 Å². The molecule has 0 aliphatic carbocycles. The molecule has 1 aliphatic heterocycles. The number of anilines is 1. The quantitative estimate of drug-likeness (QED) is 0.913. The van der Waals surface area contributed by atoms with Crippen molar-refractivity contribution < 1.29 is 5.11 Å². The topological polar surface area (TPSA) is 57.8 Å². The summed E-state index contributed by atoms with van der Waals surface area (Å²) in [4.78, 5) is 18.7. The average molecular weight is 294 g/mol. The molecule has 1 fully saturated rings. The maximum absolute atomic E-state index is 12.1. The van der Waals surface area contributed by atoms with Crippen molar-refractivity contribution in [3.63, 3.8) is 0 Å². The van der Waals surface area contributed by atoms with Crippen LogP contribution in [0.5, 0.6) is 0 Å². The molecule has 0 aromatic carbocycles. The van der Waals surface area contributed by atoms with Crippen LogP contribution in [0.1, 0.15) is 12.8 Å². The lowest BCUT2D eigenvalue weighted by Gasteiger charge is -2.32. The normalized spacial score (nSPS) is 19.5. The fourth-order valence-electron chi connectivity index (χ4n) is 2.65. The minimum absolute atomic E-state index is 0.140. The van der Waals surface area contributed by atoms with Crippen molar-refractivity contribution in [3.05, 3.63) is 39.8 Å². The summed E-state index contributed by atoms with van der Waals surface area (Å²) in [5.41, 5.74) is 0.446. The van der Waals surface area contributed by atoms with Gasteiger partial charge in [-0.05, 0) is 30.9 Å². The molecule has 0 spiro atoms. The highest BCUT2D eigenvalue weighted by Crippen LogP contribution is 2.21. The van der Waals surface area contributed by atoms with Crippen molar-refractivity contribution in [1.82, 2.24) is 9.38 Å². The van der Waals surface area contributed by atoms with E-state index < -0.39 is 0 Å². The molecule has 0 saturated carbocycles. The Kier molecular flexibility index (Phi) is 3.63. The predicted molar refractivity (Wildman–Crippen MR) is 78.5 cm³/mol. The van der Waals surface area contributed by atoms with E-state index in [9.17, 15) is 9.90 Å². The van der Waals surface area contributed by atoms with Gasteiger partial charge in [-0.1, -0.05) is 11.6 Å². The van der Waals surface area contributed by atoms with Gasteiger partial charge in [0.05, 0.1) is 5.02 Å². The van der Waals surface area contributed by atoms with Crippen LogP contribution in [-0.2, 0) is 0 Å². The monoisotopic (exact) mass is 293 g/mol. The van der Waals surface area contributed by atoms with Crippen LogP contribution in [0.4, 0.5) is 5.82 Å². The number of piperidine rings is 1. The van der Waals surface area contributed by atoms with E-state index in [1.807, 2.05) is 0 Å². The molecular weight excluding hydrogens is 278 g/mol. The summed E-state index contributed by atoms with van der Waals surface area (Å²) in [5.74, 6) is 0.935. The summed E-state index contributed by atoms with van der Waals surface area (Å²) in [7, 11) is 0. The first kappa shape index (κ1) is 13.4. The van der Waals surface area contributed by atoms with Gasteiger partial charge in [0.2, 0.25) is 0 Å². The Morgan fingerprint density at radius 2 is 2.30 bits per heavy atom. The van der Waals surface area contributed by atoms with Crippen LogP contribution in [-0.4, -0.2) is 34.2 Å². The maximum Gasteiger partial charge on any atom is 0.260 e. The molecule has 106 valence electrons. The smallest absolute Gasteiger partial charge is 0.260 e. The third-order valence-electron chi connectivity index (χ3n) is 3.71. The summed E-state index contributed by atoms with van der Waals surface area (Å²) in [6, 6.07) is 4.99. The Bertz CT molecular complexity index is 686. The van der Waals surface area contributed by atoms with Crippen molar-refractivity contribution >= 4 is 23.1 Å². The largest absolute Gasteiger partial charge is 0.396 e. The van der Waals surface area contributed by atoms with E-state index in [0.29, 0.717) is 16.5 Å². The molecule has 1 N–H and O–H groups in total. The van der Waals surface area contributed by atoms with E-state index >= 15 is 0 Å². The Balaban J connectivity index is 2.00. The van der Waals surface area contributed by atoms with Crippen LogP contribution in [0.15, 0.2) is 29.2 Å². The summed E-state index contributed by atoms with van der Waals surface area (Å²) in [6.07, 6.45) is 3.60. The SMILES string of the molecule is O=c1cc(N2CCCC(CO)C2)nc2ccc(Cl)cn12. The number of hydrogen-bond donors (Lipinski definition) is 1. The van der Waals surface area contributed by atoms with E-state index in [0.717, 1.165) is 25.9 Å². The van der Waals surface area contributed by atoms with Gasteiger partial charge in [0, 0.05) is 32.0 Å². The second kappa shape index (κ2) is 5.42. The Hall–Kier alpha value is -1.59. The van der Waals surface area contributed by atoms with Crippen molar-refractivity contribution in [2.75, 3.05) is 24.6 Å². The number of aliphatic hydroxyl groups is 1. The Morgan fingerprint density at radius 3 is 3.10 bits per heavy atom. The number of hydrogen-bond acceptors (Lipinski definition) is 4. The molecule has 2 aromatic rings. The zero-order chi connectivity index (χ0) is 14.1. The molecule has 1 unspecified atom stereocenters. The van der Waals surface area contributed by atoms with E-state index in [-0.39, 0.29) is 18.1 Å². The Morgan fingerprint density at radius 1 is 1.45 bits per heavy atom. The van der Waals surface area contributed by atoms with Crippen molar-refractivity contribution in [2.24, 2.45) is 5.92 Å². The molecule has 1 aliphatic rings. The molecule has 0 bridgehead atoms. The molecular formula is C14H16ClN3O2. The molecule has 6 heteroatoms. The van der Waals surface area contributed by atoms with Crippen LogP contribution in [0, 0.1) is 5.92 Å². The lowest BCUT2D eigenvalue weighted by molar-refractivity contribution is 0.208. The third-order valence-corrected chi connectivity index (χ3v) is 3.93. The fraction of sp³-hybridized carbons (Fsp3) is 0.429. The van der Waals surface area contributed by atoms with Gasteiger partial charge in [0.15, 0.2) is 0 Å². The summed E-state index contributed by atoms with van der Waals surface area (Å²) < 4.78 is 1.44. The second-order valence-corrected chi connectivity index (χ2v) is 5.60. The summed E-state index contributed by atoms with van der Waals surface area (Å²) in [6.45, 7) is 1.79. The lowest BCUT2D eigenvalue weighted by atomic mass is 9.99. The zero-order valence-corrected chi connectivity index (χ0v) is 11.8. The molecule has 1 atom stereocenters. The van der Waals surface area contributed by atoms with Crippen LogP contribution in [0.2, 0.25) is 5.02 Å². The number of aromatic nitrogens is 2. The number of aliphatic hydroxyl groups excluding tert-OH is 1. The molecule has 0 radical (unpaired) electrons.